The van der Waals surface area contributed by atoms with Crippen molar-refractivity contribution in [1.82, 2.24) is 5.43 Å². The number of carbonyl (C=O) groups excluding carboxylic acids is 1. The Bertz CT molecular complexity index is 1030. The van der Waals surface area contributed by atoms with Crippen LogP contribution in [0.5, 0.6) is 17.2 Å². The molecule has 0 aromatic heterocycles. The molecule has 7 heteroatoms. The smallest absolute Gasteiger partial charge is 0.275 e. The number of hydrogen-bond acceptors (Lipinski definition) is 5. The highest BCUT2D eigenvalue weighted by molar-refractivity contribution is 14.1. The monoisotopic (exact) mass is 476 g/mol. The van der Waals surface area contributed by atoms with E-state index in [4.69, 9.17) is 9.47 Å². The molecule has 3 rings (SSSR count). The summed E-state index contributed by atoms with van der Waals surface area (Å²) in [6.07, 6.45) is 1.48. The molecule has 0 radical (unpaired) electrons. The van der Waals surface area contributed by atoms with Crippen LogP contribution < -0.4 is 14.9 Å². The van der Waals surface area contributed by atoms with E-state index in [1.54, 1.807) is 18.2 Å². The van der Waals surface area contributed by atoms with Crippen molar-refractivity contribution in [1.29, 1.82) is 0 Å². The summed E-state index contributed by atoms with van der Waals surface area (Å²) in [5.74, 6) is 0.502. The summed E-state index contributed by atoms with van der Waals surface area (Å²) >= 11 is 2.00. The fourth-order valence-corrected chi connectivity index (χ4v) is 3.24. The number of fused-ring (bicyclic) bond motifs is 1. The van der Waals surface area contributed by atoms with E-state index < -0.39 is 0 Å². The number of carbonyl (C=O) groups is 1. The lowest BCUT2D eigenvalue weighted by molar-refractivity contribution is 0.0952. The first-order chi connectivity index (χ1) is 13.0. The third kappa shape index (κ3) is 4.13. The molecule has 0 saturated heterocycles. The van der Waals surface area contributed by atoms with Gasteiger partial charge in [0, 0.05) is 0 Å². The van der Waals surface area contributed by atoms with Crippen LogP contribution in [-0.4, -0.2) is 31.4 Å². The molecule has 2 N–H and O–H groups in total. The van der Waals surface area contributed by atoms with Gasteiger partial charge < -0.3 is 14.6 Å². The number of hydrogen-bond donors (Lipinski definition) is 2. The van der Waals surface area contributed by atoms with Gasteiger partial charge in [0.25, 0.3) is 5.91 Å². The Morgan fingerprint density at radius 3 is 2.41 bits per heavy atom. The van der Waals surface area contributed by atoms with Crippen LogP contribution in [0.2, 0.25) is 0 Å². The maximum absolute atomic E-state index is 12.5. The molecule has 6 nitrogen and oxygen atoms in total. The van der Waals surface area contributed by atoms with E-state index in [0.29, 0.717) is 26.2 Å². The number of hydrazone groups is 1. The highest BCUT2D eigenvalue weighted by atomic mass is 127. The number of phenols is 1. The molecular formula is C20H17IN2O4. The van der Waals surface area contributed by atoms with E-state index in [0.717, 1.165) is 10.8 Å². The van der Waals surface area contributed by atoms with Crippen molar-refractivity contribution in [2.24, 2.45) is 5.10 Å². The summed E-state index contributed by atoms with van der Waals surface area (Å²) in [6, 6.07) is 14.7. The molecule has 1 amide bonds. The number of halogens is 1. The number of nitrogens with one attached hydrogen (secondary N) is 1. The van der Waals surface area contributed by atoms with Crippen molar-refractivity contribution in [3.63, 3.8) is 0 Å². The number of phenolic OH excluding ortho intramolecular Hbond substituents is 1. The number of nitrogens with zero attached hydrogens (tertiary/aromatic N) is 1. The van der Waals surface area contributed by atoms with Gasteiger partial charge in [-0.3, -0.25) is 4.79 Å². The average molecular weight is 476 g/mol. The maximum atomic E-state index is 12.5. The van der Waals surface area contributed by atoms with Crippen molar-refractivity contribution < 1.29 is 19.4 Å². The van der Waals surface area contributed by atoms with Gasteiger partial charge in [0.15, 0.2) is 11.5 Å². The largest absolute Gasteiger partial charge is 0.504 e. The van der Waals surface area contributed by atoms with Crippen LogP contribution in [0.1, 0.15) is 15.9 Å². The zero-order chi connectivity index (χ0) is 19.4. The molecule has 0 aliphatic rings. The average Bonchev–Trinajstić information content (AvgIpc) is 2.69. The molecule has 27 heavy (non-hydrogen) atoms. The lowest BCUT2D eigenvalue weighted by Gasteiger charge is -2.09. The second kappa shape index (κ2) is 8.26. The minimum atomic E-state index is -0.380. The summed E-state index contributed by atoms with van der Waals surface area (Å²) in [4.78, 5) is 12.5. The highest BCUT2D eigenvalue weighted by Gasteiger charge is 2.13. The second-order valence-corrected chi connectivity index (χ2v) is 6.81. The Morgan fingerprint density at radius 1 is 1.07 bits per heavy atom. The molecule has 0 fully saturated rings. The van der Waals surface area contributed by atoms with Gasteiger partial charge in [0.2, 0.25) is 0 Å². The molecule has 0 heterocycles. The van der Waals surface area contributed by atoms with Crippen molar-refractivity contribution in [2.45, 2.75) is 0 Å². The zero-order valence-corrected chi connectivity index (χ0v) is 16.9. The number of methoxy groups -OCH3 is 2. The standard InChI is InChI=1S/C20H17IN2O4/c1-26-17-10-14-6-4-3-5-13(14)9-15(17)20(25)23-22-11-12-7-16(21)19(24)18(8-12)27-2/h3-11,24H,1-2H3,(H,23,25). The van der Waals surface area contributed by atoms with Crippen LogP contribution in [0.3, 0.4) is 0 Å². The van der Waals surface area contributed by atoms with Crippen LogP contribution >= 0.6 is 22.6 Å². The summed E-state index contributed by atoms with van der Waals surface area (Å²) in [5, 5.41) is 15.8. The molecule has 0 saturated carbocycles. The van der Waals surface area contributed by atoms with Crippen LogP contribution in [0.25, 0.3) is 10.8 Å². The number of rotatable bonds is 5. The Morgan fingerprint density at radius 2 is 1.74 bits per heavy atom. The molecule has 0 spiro atoms. The number of ether oxygens (including phenoxy) is 2. The SMILES string of the molecule is COc1cc2ccccc2cc1C(=O)NN=Cc1cc(I)c(O)c(OC)c1. The van der Waals surface area contributed by atoms with Crippen molar-refractivity contribution in [2.75, 3.05) is 14.2 Å². The third-order valence-corrected chi connectivity index (χ3v) is 4.79. The fourth-order valence-electron chi connectivity index (χ4n) is 2.62. The Labute approximate surface area is 169 Å². The maximum Gasteiger partial charge on any atom is 0.275 e. The molecule has 0 bridgehead atoms. The van der Waals surface area contributed by atoms with E-state index >= 15 is 0 Å². The minimum absolute atomic E-state index is 0.0696. The van der Waals surface area contributed by atoms with Crippen LogP contribution in [0.4, 0.5) is 0 Å². The number of aromatic hydroxyl groups is 1. The van der Waals surface area contributed by atoms with Gasteiger partial charge in [-0.25, -0.2) is 5.43 Å². The van der Waals surface area contributed by atoms with Crippen molar-refractivity contribution in [3.05, 3.63) is 63.2 Å². The van der Waals surface area contributed by atoms with Gasteiger partial charge in [-0.2, -0.15) is 5.10 Å². The summed E-state index contributed by atoms with van der Waals surface area (Å²) in [5.41, 5.74) is 3.58. The lowest BCUT2D eigenvalue weighted by atomic mass is 10.1. The van der Waals surface area contributed by atoms with E-state index in [-0.39, 0.29) is 11.7 Å². The molecular weight excluding hydrogens is 459 g/mol. The normalized spacial score (nSPS) is 10.9. The first-order valence-electron chi connectivity index (χ1n) is 8.00. The molecule has 138 valence electrons. The van der Waals surface area contributed by atoms with Crippen LogP contribution in [0.15, 0.2) is 53.6 Å². The second-order valence-electron chi connectivity index (χ2n) is 5.65. The van der Waals surface area contributed by atoms with Gasteiger partial charge in [0.05, 0.1) is 29.6 Å². The van der Waals surface area contributed by atoms with Crippen molar-refractivity contribution in [3.8, 4) is 17.2 Å². The van der Waals surface area contributed by atoms with Gasteiger partial charge in [0.1, 0.15) is 5.75 Å². The first-order valence-corrected chi connectivity index (χ1v) is 9.08. The molecule has 0 aliphatic heterocycles. The van der Waals surface area contributed by atoms with E-state index in [9.17, 15) is 9.90 Å². The quantitative estimate of drug-likeness (QED) is 0.332. The summed E-state index contributed by atoms with van der Waals surface area (Å²) in [7, 11) is 2.99. The number of amides is 1. The molecule has 0 unspecified atom stereocenters. The summed E-state index contributed by atoms with van der Waals surface area (Å²) in [6.45, 7) is 0. The van der Waals surface area contributed by atoms with Crippen molar-refractivity contribution >= 4 is 45.5 Å². The van der Waals surface area contributed by atoms with Gasteiger partial charge in [-0.1, -0.05) is 24.3 Å². The molecule has 0 aliphatic carbocycles. The van der Waals surface area contributed by atoms with Gasteiger partial charge in [-0.15, -0.1) is 0 Å². The topological polar surface area (TPSA) is 80.2 Å². The van der Waals surface area contributed by atoms with Crippen LogP contribution in [0, 0.1) is 3.57 Å². The van der Waals surface area contributed by atoms with E-state index in [1.165, 1.54) is 20.4 Å². The first kappa shape index (κ1) is 19.0. The highest BCUT2D eigenvalue weighted by Crippen LogP contribution is 2.31. The van der Waals surface area contributed by atoms with E-state index in [2.05, 4.69) is 10.5 Å². The lowest BCUT2D eigenvalue weighted by Crippen LogP contribution is -2.18. The molecule has 3 aromatic carbocycles. The predicted molar refractivity (Wildman–Crippen MR) is 113 cm³/mol. The third-order valence-electron chi connectivity index (χ3n) is 3.96. The van der Waals surface area contributed by atoms with Gasteiger partial charge in [-0.05, 0) is 63.2 Å². The molecule has 3 aromatic rings. The summed E-state index contributed by atoms with van der Waals surface area (Å²) < 4.78 is 11.1. The van der Waals surface area contributed by atoms with Crippen LogP contribution in [-0.2, 0) is 0 Å². The fraction of sp³-hybridized carbons (Fsp3) is 0.100. The Balaban J connectivity index is 1.83. The minimum Gasteiger partial charge on any atom is -0.504 e. The van der Waals surface area contributed by atoms with Gasteiger partial charge >= 0.3 is 0 Å². The molecule has 0 atom stereocenters. The zero-order valence-electron chi connectivity index (χ0n) is 14.7. The number of benzene rings is 3. The van der Waals surface area contributed by atoms with E-state index in [1.807, 2.05) is 52.9 Å². The predicted octanol–water partition coefficient (Wildman–Crippen LogP) is 3.93. The Kier molecular flexibility index (Phi) is 5.80. The Hall–Kier alpha value is -2.81.